The van der Waals surface area contributed by atoms with Gasteiger partial charge in [-0.15, -0.1) is 0 Å². The Morgan fingerprint density at radius 2 is 1.97 bits per heavy atom. The quantitative estimate of drug-likeness (QED) is 0.168. The third kappa shape index (κ3) is 4.62. The molecule has 9 heteroatoms. The molecule has 0 atom stereocenters. The van der Waals surface area contributed by atoms with Gasteiger partial charge in [-0.3, -0.25) is 14.9 Å². The summed E-state index contributed by atoms with van der Waals surface area (Å²) in [6.07, 6.45) is 9.26. The van der Waals surface area contributed by atoms with Gasteiger partial charge in [-0.25, -0.2) is 4.98 Å². The van der Waals surface area contributed by atoms with Gasteiger partial charge in [0, 0.05) is 38.4 Å². The smallest absolute Gasteiger partial charge is 0.224 e. The third-order valence-corrected chi connectivity index (χ3v) is 6.91. The number of H-pyrrole nitrogens is 2. The fourth-order valence-electron chi connectivity index (χ4n) is 4.44. The molecule has 184 valence electrons. The fourth-order valence-corrected chi connectivity index (χ4v) is 5.11. The number of carbonyl (C=O) groups is 1. The molecule has 0 radical (unpaired) electrons. The van der Waals surface area contributed by atoms with Gasteiger partial charge in [0.2, 0.25) is 5.91 Å². The van der Waals surface area contributed by atoms with Crippen molar-refractivity contribution in [3.05, 3.63) is 71.0 Å². The Morgan fingerprint density at radius 1 is 1.05 bits per heavy atom. The molecular weight excluding hydrogens is 579 g/mol. The molecule has 37 heavy (non-hydrogen) atoms. The first kappa shape index (κ1) is 23.4. The van der Waals surface area contributed by atoms with Gasteiger partial charge < -0.3 is 14.7 Å². The second-order valence-electron chi connectivity index (χ2n) is 8.89. The molecule has 6 aromatic rings. The molecule has 0 aliphatic carbocycles. The van der Waals surface area contributed by atoms with E-state index in [2.05, 4.69) is 73.2 Å². The first-order valence-corrected chi connectivity index (χ1v) is 13.1. The number of amides is 1. The van der Waals surface area contributed by atoms with Crippen molar-refractivity contribution in [3.63, 3.8) is 0 Å². The highest BCUT2D eigenvalue weighted by molar-refractivity contribution is 14.1. The van der Waals surface area contributed by atoms with Gasteiger partial charge in [0.25, 0.3) is 0 Å². The standard InChI is InChI=1S/C28H23IN6O2/c1-2-3-4-25(36)31-20-10-18(9-19(29)12-20)16-5-6-23-21(11-16)27(35-34-23)28-32-24-14-30-13-22(26(24)33-28)17-7-8-37-15-17/h5-15H,2-4H2,1H3,(H,31,36)(H,32,33)(H,34,35). The molecular formula is C28H23IN6O2. The van der Waals surface area contributed by atoms with Crippen LogP contribution in [0.15, 0.2) is 71.8 Å². The van der Waals surface area contributed by atoms with Crippen LogP contribution in [0.2, 0.25) is 0 Å². The summed E-state index contributed by atoms with van der Waals surface area (Å²) in [4.78, 5) is 24.9. The molecule has 0 saturated carbocycles. The van der Waals surface area contributed by atoms with Crippen LogP contribution in [0.4, 0.5) is 5.69 Å². The van der Waals surface area contributed by atoms with E-state index in [0.717, 1.165) is 72.0 Å². The van der Waals surface area contributed by atoms with E-state index in [1.165, 1.54) is 0 Å². The molecule has 0 bridgehead atoms. The number of nitrogens with zero attached hydrogens (tertiary/aromatic N) is 3. The summed E-state index contributed by atoms with van der Waals surface area (Å²) in [5.41, 5.74) is 7.91. The van der Waals surface area contributed by atoms with Gasteiger partial charge in [-0.2, -0.15) is 5.10 Å². The van der Waals surface area contributed by atoms with E-state index in [-0.39, 0.29) is 5.91 Å². The second kappa shape index (κ2) is 9.81. The van der Waals surface area contributed by atoms with Crippen molar-refractivity contribution in [2.75, 3.05) is 5.32 Å². The number of furan rings is 1. The first-order valence-electron chi connectivity index (χ1n) is 12.0. The predicted octanol–water partition coefficient (Wildman–Crippen LogP) is 7.16. The molecule has 2 aromatic carbocycles. The van der Waals surface area contributed by atoms with Gasteiger partial charge in [0.1, 0.15) is 11.2 Å². The third-order valence-electron chi connectivity index (χ3n) is 6.29. The Labute approximate surface area is 226 Å². The maximum absolute atomic E-state index is 12.3. The SMILES string of the molecule is CCCCC(=O)Nc1cc(I)cc(-c2ccc3[nH]nc(-c4nc5c(-c6ccoc6)cncc5[nH]4)c3c2)c1. The summed E-state index contributed by atoms with van der Waals surface area (Å²) < 4.78 is 6.30. The predicted molar refractivity (Wildman–Crippen MR) is 153 cm³/mol. The molecule has 0 fully saturated rings. The minimum Gasteiger partial charge on any atom is -0.472 e. The number of pyridine rings is 1. The number of nitrogens with one attached hydrogen (secondary N) is 3. The van der Waals surface area contributed by atoms with Gasteiger partial charge in [-0.1, -0.05) is 19.4 Å². The number of aromatic nitrogens is 5. The van der Waals surface area contributed by atoms with Crippen LogP contribution in [-0.2, 0) is 4.79 Å². The summed E-state index contributed by atoms with van der Waals surface area (Å²) in [5.74, 6) is 0.694. The Kier molecular flexibility index (Phi) is 6.21. The number of carbonyl (C=O) groups excluding carboxylic acids is 1. The van der Waals surface area contributed by atoms with Crippen molar-refractivity contribution in [1.82, 2.24) is 25.1 Å². The summed E-state index contributed by atoms with van der Waals surface area (Å²) in [6.45, 7) is 2.08. The van der Waals surface area contributed by atoms with E-state index >= 15 is 0 Å². The zero-order chi connectivity index (χ0) is 25.4. The van der Waals surface area contributed by atoms with Crippen LogP contribution in [0.5, 0.6) is 0 Å². The van der Waals surface area contributed by atoms with E-state index in [1.54, 1.807) is 24.9 Å². The summed E-state index contributed by atoms with van der Waals surface area (Å²) in [5, 5.41) is 11.7. The van der Waals surface area contributed by atoms with Crippen molar-refractivity contribution in [2.45, 2.75) is 26.2 Å². The molecule has 1 amide bonds. The van der Waals surface area contributed by atoms with E-state index in [0.29, 0.717) is 12.2 Å². The summed E-state index contributed by atoms with van der Waals surface area (Å²) >= 11 is 2.28. The lowest BCUT2D eigenvalue weighted by Crippen LogP contribution is -2.11. The average molecular weight is 602 g/mol. The molecule has 4 heterocycles. The number of benzene rings is 2. The minimum absolute atomic E-state index is 0.0385. The number of rotatable bonds is 7. The number of fused-ring (bicyclic) bond motifs is 2. The highest BCUT2D eigenvalue weighted by Gasteiger charge is 2.17. The topological polar surface area (TPSA) is 112 Å². The van der Waals surface area contributed by atoms with Crippen molar-refractivity contribution in [2.24, 2.45) is 0 Å². The van der Waals surface area contributed by atoms with E-state index in [1.807, 2.05) is 24.3 Å². The highest BCUT2D eigenvalue weighted by atomic mass is 127. The minimum atomic E-state index is 0.0385. The van der Waals surface area contributed by atoms with E-state index in [9.17, 15) is 4.79 Å². The normalized spacial score (nSPS) is 11.4. The van der Waals surface area contributed by atoms with Crippen molar-refractivity contribution < 1.29 is 9.21 Å². The molecule has 3 N–H and O–H groups in total. The van der Waals surface area contributed by atoms with Crippen LogP contribution in [0.1, 0.15) is 26.2 Å². The lowest BCUT2D eigenvalue weighted by atomic mass is 10.0. The van der Waals surface area contributed by atoms with Gasteiger partial charge in [-0.05, 0) is 76.5 Å². The Morgan fingerprint density at radius 3 is 2.81 bits per heavy atom. The molecule has 0 spiro atoms. The van der Waals surface area contributed by atoms with Crippen LogP contribution in [-0.4, -0.2) is 31.1 Å². The Hall–Kier alpha value is -3.99. The number of halogens is 1. The van der Waals surface area contributed by atoms with E-state index in [4.69, 9.17) is 9.40 Å². The van der Waals surface area contributed by atoms with E-state index < -0.39 is 0 Å². The molecule has 8 nitrogen and oxygen atoms in total. The van der Waals surface area contributed by atoms with Crippen LogP contribution in [0, 0.1) is 3.57 Å². The van der Waals surface area contributed by atoms with Crippen molar-refractivity contribution in [1.29, 1.82) is 0 Å². The Bertz CT molecular complexity index is 1730. The van der Waals surface area contributed by atoms with Crippen LogP contribution < -0.4 is 5.32 Å². The molecule has 0 unspecified atom stereocenters. The number of unbranched alkanes of at least 4 members (excludes halogenated alkanes) is 1. The van der Waals surface area contributed by atoms with Crippen molar-refractivity contribution >= 4 is 56.1 Å². The van der Waals surface area contributed by atoms with Gasteiger partial charge in [0.05, 0.1) is 29.8 Å². The number of aromatic amines is 2. The lowest BCUT2D eigenvalue weighted by Gasteiger charge is -2.09. The van der Waals surface area contributed by atoms with Crippen LogP contribution in [0.25, 0.3) is 55.7 Å². The summed E-state index contributed by atoms with van der Waals surface area (Å²) in [6, 6.07) is 14.2. The zero-order valence-corrected chi connectivity index (χ0v) is 22.2. The second-order valence-corrected chi connectivity index (χ2v) is 10.1. The zero-order valence-electron chi connectivity index (χ0n) is 20.0. The van der Waals surface area contributed by atoms with Gasteiger partial charge in [0.15, 0.2) is 5.82 Å². The number of anilines is 1. The van der Waals surface area contributed by atoms with Crippen LogP contribution >= 0.6 is 22.6 Å². The van der Waals surface area contributed by atoms with Gasteiger partial charge >= 0.3 is 0 Å². The highest BCUT2D eigenvalue weighted by Crippen LogP contribution is 2.34. The fraction of sp³-hybridized carbons (Fsp3) is 0.143. The summed E-state index contributed by atoms with van der Waals surface area (Å²) in [7, 11) is 0. The molecule has 0 aliphatic heterocycles. The number of imidazole rings is 1. The molecule has 4 aromatic heterocycles. The molecule has 0 aliphatic rings. The van der Waals surface area contributed by atoms with Crippen molar-refractivity contribution in [3.8, 4) is 33.8 Å². The first-order chi connectivity index (χ1) is 18.1. The maximum atomic E-state index is 12.3. The van der Waals surface area contributed by atoms with Crippen LogP contribution in [0.3, 0.4) is 0 Å². The Balaban J connectivity index is 1.39. The lowest BCUT2D eigenvalue weighted by molar-refractivity contribution is -0.116. The monoisotopic (exact) mass is 602 g/mol. The average Bonchev–Trinajstić information content (AvgIpc) is 3.65. The largest absolute Gasteiger partial charge is 0.472 e. The molecule has 6 rings (SSSR count). The number of hydrogen-bond donors (Lipinski definition) is 3. The molecule has 0 saturated heterocycles. The number of hydrogen-bond acceptors (Lipinski definition) is 5. The maximum Gasteiger partial charge on any atom is 0.224 e.